The molecule has 182 valence electrons. The van der Waals surface area contributed by atoms with Gasteiger partial charge in [-0.1, -0.05) is 30.3 Å². The second kappa shape index (κ2) is 19.5. The van der Waals surface area contributed by atoms with Crippen LogP contribution >= 0.6 is 23.2 Å². The Morgan fingerprint density at radius 3 is 1.52 bits per heavy atom. The number of halogens is 2. The maximum absolute atomic E-state index is 5.81. The van der Waals surface area contributed by atoms with Crippen molar-refractivity contribution in [2.24, 2.45) is 0 Å². The van der Waals surface area contributed by atoms with Crippen LogP contribution in [0.5, 0.6) is 0 Å². The van der Waals surface area contributed by atoms with Crippen molar-refractivity contribution >= 4 is 46.0 Å². The van der Waals surface area contributed by atoms with Gasteiger partial charge in [-0.05, 0) is 41.0 Å². The second-order valence-corrected chi connectivity index (χ2v) is 12.1. The summed E-state index contributed by atoms with van der Waals surface area (Å²) < 4.78 is 34.3. The van der Waals surface area contributed by atoms with Crippen molar-refractivity contribution in [2.75, 3.05) is 51.4 Å². The van der Waals surface area contributed by atoms with Gasteiger partial charge in [-0.3, -0.25) is 0 Å². The molecule has 0 amide bonds. The standard InChI is InChI=1S/C12H19ClO3Si.C9H21ClO3Si/c1-3-14-17(15-4-2,16-11-10-13)12-8-6-5-7-9-12;1-4-11-14(12-5-2,13-6-3)9-7-8-10/h5-9H,3-4,10-11H2,1-2H3;4-9H2,1-3H3. The van der Waals surface area contributed by atoms with Gasteiger partial charge in [0.25, 0.3) is 0 Å². The van der Waals surface area contributed by atoms with E-state index in [9.17, 15) is 0 Å². The van der Waals surface area contributed by atoms with Crippen LogP contribution in [-0.2, 0) is 26.6 Å². The maximum atomic E-state index is 5.81. The molecule has 0 N–H and O–H groups in total. The highest BCUT2D eigenvalue weighted by Crippen LogP contribution is 2.18. The van der Waals surface area contributed by atoms with Crippen molar-refractivity contribution in [3.05, 3.63) is 30.3 Å². The van der Waals surface area contributed by atoms with Crippen molar-refractivity contribution in [2.45, 2.75) is 47.1 Å². The molecular weight excluding hydrogens is 475 g/mol. The molecule has 1 rings (SSSR count). The molecular formula is C21H40Cl2O6Si2. The predicted octanol–water partition coefficient (Wildman–Crippen LogP) is 4.82. The van der Waals surface area contributed by atoms with Crippen LogP contribution < -0.4 is 5.19 Å². The van der Waals surface area contributed by atoms with E-state index in [2.05, 4.69) is 0 Å². The molecule has 0 fully saturated rings. The number of benzene rings is 1. The first-order valence-electron chi connectivity index (χ1n) is 11.0. The summed E-state index contributed by atoms with van der Waals surface area (Å²) in [5, 5.41) is 0.980. The van der Waals surface area contributed by atoms with E-state index in [4.69, 9.17) is 49.8 Å². The fourth-order valence-corrected chi connectivity index (χ4v) is 8.51. The van der Waals surface area contributed by atoms with Crippen LogP contribution in [0.25, 0.3) is 0 Å². The van der Waals surface area contributed by atoms with E-state index in [1.807, 2.05) is 65.0 Å². The van der Waals surface area contributed by atoms with Gasteiger partial charge < -0.3 is 26.6 Å². The fourth-order valence-electron chi connectivity index (χ4n) is 2.85. The minimum atomic E-state index is -2.78. The van der Waals surface area contributed by atoms with Crippen LogP contribution in [0.1, 0.15) is 41.0 Å². The zero-order valence-electron chi connectivity index (χ0n) is 19.7. The Hall–Kier alpha value is -0.00623. The van der Waals surface area contributed by atoms with Gasteiger partial charge in [0.1, 0.15) is 0 Å². The van der Waals surface area contributed by atoms with Crippen molar-refractivity contribution in [3.8, 4) is 0 Å². The molecule has 0 saturated carbocycles. The van der Waals surface area contributed by atoms with Gasteiger partial charge in [-0.15, -0.1) is 23.2 Å². The van der Waals surface area contributed by atoms with Crippen LogP contribution in [-0.4, -0.2) is 69.0 Å². The van der Waals surface area contributed by atoms with Crippen LogP contribution in [0.2, 0.25) is 6.04 Å². The molecule has 0 atom stereocenters. The first-order valence-corrected chi connectivity index (χ1v) is 15.8. The average Bonchev–Trinajstić information content (AvgIpc) is 2.78. The molecule has 0 saturated heterocycles. The van der Waals surface area contributed by atoms with Gasteiger partial charge in [0, 0.05) is 56.0 Å². The van der Waals surface area contributed by atoms with E-state index in [0.717, 1.165) is 17.7 Å². The SMILES string of the molecule is CCO[Si](CCCCl)(OCC)OCC.CCO[Si](OCC)(OCCCl)c1ccccc1. The monoisotopic (exact) mass is 514 g/mol. The Balaban J connectivity index is 0.000000594. The average molecular weight is 516 g/mol. The topological polar surface area (TPSA) is 55.4 Å². The Labute approximate surface area is 201 Å². The van der Waals surface area contributed by atoms with E-state index in [1.54, 1.807) is 0 Å². The predicted molar refractivity (Wildman–Crippen MR) is 133 cm³/mol. The minimum absolute atomic E-state index is 0.432. The molecule has 0 aliphatic rings. The molecule has 0 radical (unpaired) electrons. The largest absolute Gasteiger partial charge is 0.537 e. The van der Waals surface area contributed by atoms with E-state index in [0.29, 0.717) is 51.4 Å². The number of rotatable bonds is 17. The van der Waals surface area contributed by atoms with E-state index in [1.165, 1.54) is 0 Å². The third-order valence-corrected chi connectivity index (χ3v) is 10.4. The molecule has 1 aromatic rings. The van der Waals surface area contributed by atoms with Gasteiger partial charge in [0.15, 0.2) is 0 Å². The van der Waals surface area contributed by atoms with Crippen LogP contribution in [0.4, 0.5) is 0 Å². The molecule has 6 nitrogen and oxygen atoms in total. The van der Waals surface area contributed by atoms with Crippen molar-refractivity contribution in [1.29, 1.82) is 0 Å². The highest BCUT2D eigenvalue weighted by molar-refractivity contribution is 6.75. The zero-order chi connectivity index (χ0) is 23.4. The smallest absolute Gasteiger partial charge is 0.374 e. The third kappa shape index (κ3) is 12.1. The van der Waals surface area contributed by atoms with Crippen molar-refractivity contribution in [3.63, 3.8) is 0 Å². The Bertz CT molecular complexity index is 505. The fraction of sp³-hybridized carbons (Fsp3) is 0.714. The first kappa shape index (κ1) is 31.0. The molecule has 31 heavy (non-hydrogen) atoms. The molecule has 0 aromatic heterocycles. The lowest BCUT2D eigenvalue weighted by Gasteiger charge is -2.28. The summed E-state index contributed by atoms with van der Waals surface area (Å²) in [6, 6.07) is 10.6. The summed E-state index contributed by atoms with van der Waals surface area (Å²) in [7, 11) is -5.18. The van der Waals surface area contributed by atoms with Gasteiger partial charge in [0.2, 0.25) is 0 Å². The van der Waals surface area contributed by atoms with E-state index >= 15 is 0 Å². The third-order valence-electron chi connectivity index (χ3n) is 3.87. The Morgan fingerprint density at radius 2 is 1.13 bits per heavy atom. The molecule has 1 aromatic carbocycles. The summed E-state index contributed by atoms with van der Waals surface area (Å²) in [4.78, 5) is 0. The normalized spacial score (nSPS) is 11.8. The molecule has 0 aliphatic carbocycles. The van der Waals surface area contributed by atoms with Crippen LogP contribution in [0, 0.1) is 0 Å². The zero-order valence-corrected chi connectivity index (χ0v) is 23.2. The van der Waals surface area contributed by atoms with E-state index < -0.39 is 17.6 Å². The minimum Gasteiger partial charge on any atom is -0.374 e. The molecule has 0 bridgehead atoms. The highest BCUT2D eigenvalue weighted by atomic mass is 35.5. The van der Waals surface area contributed by atoms with Gasteiger partial charge in [-0.2, -0.15) is 0 Å². The Kier molecular flexibility index (Phi) is 19.5. The number of hydrogen-bond acceptors (Lipinski definition) is 6. The summed E-state index contributed by atoms with van der Waals surface area (Å²) >= 11 is 11.3. The number of alkyl halides is 2. The lowest BCUT2D eigenvalue weighted by Crippen LogP contribution is -2.57. The quantitative estimate of drug-likeness (QED) is 0.219. The molecule has 0 spiro atoms. The Morgan fingerprint density at radius 1 is 0.645 bits per heavy atom. The summed E-state index contributed by atoms with van der Waals surface area (Å²) in [6.07, 6.45) is 0.883. The maximum Gasteiger partial charge on any atom is 0.537 e. The van der Waals surface area contributed by atoms with Crippen LogP contribution in [0.3, 0.4) is 0 Å². The first-order chi connectivity index (χ1) is 15.0. The molecule has 0 unspecified atom stereocenters. The summed E-state index contributed by atoms with van der Waals surface area (Å²) in [5.74, 6) is 1.06. The molecule has 10 heteroatoms. The highest BCUT2D eigenvalue weighted by Gasteiger charge is 2.43. The van der Waals surface area contributed by atoms with Gasteiger partial charge in [0.05, 0.1) is 6.61 Å². The van der Waals surface area contributed by atoms with Crippen LogP contribution in [0.15, 0.2) is 30.3 Å². The summed E-state index contributed by atoms with van der Waals surface area (Å²) in [5.41, 5.74) is 0. The lowest BCUT2D eigenvalue weighted by atomic mass is 10.4. The lowest BCUT2D eigenvalue weighted by molar-refractivity contribution is 0.0712. The summed E-state index contributed by atoms with van der Waals surface area (Å²) in [6.45, 7) is 13.2. The van der Waals surface area contributed by atoms with Crippen molar-refractivity contribution < 1.29 is 26.6 Å². The van der Waals surface area contributed by atoms with Crippen molar-refractivity contribution in [1.82, 2.24) is 0 Å². The van der Waals surface area contributed by atoms with E-state index in [-0.39, 0.29) is 0 Å². The molecule has 0 heterocycles. The second-order valence-electron chi connectivity index (χ2n) is 6.10. The van der Waals surface area contributed by atoms with Gasteiger partial charge in [-0.25, -0.2) is 0 Å². The van der Waals surface area contributed by atoms with Gasteiger partial charge >= 0.3 is 17.6 Å². The number of hydrogen-bond donors (Lipinski definition) is 0. The molecule has 0 aliphatic heterocycles.